The Balaban J connectivity index is 1.66. The van der Waals surface area contributed by atoms with Crippen molar-refractivity contribution in [2.24, 2.45) is 0 Å². The number of nitrogens with one attached hydrogen (secondary N) is 1. The minimum absolute atomic E-state index is 0.0185. The Hall–Kier alpha value is -3.31. The highest BCUT2D eigenvalue weighted by atomic mass is 79.9. The number of amides is 1. The van der Waals surface area contributed by atoms with Gasteiger partial charge in [-0.3, -0.25) is 9.36 Å². The lowest BCUT2D eigenvalue weighted by molar-refractivity contribution is -0.124. The molecule has 7 nitrogen and oxygen atoms in total. The largest absolute Gasteiger partial charge is 0.452 e. The molecule has 1 aromatic carbocycles. The van der Waals surface area contributed by atoms with Gasteiger partial charge in [-0.05, 0) is 43.7 Å². The molecule has 2 heterocycles. The van der Waals surface area contributed by atoms with Crippen LogP contribution in [0.4, 0.5) is 0 Å². The van der Waals surface area contributed by atoms with Crippen LogP contribution in [0.2, 0.25) is 0 Å². The van der Waals surface area contributed by atoms with Crippen molar-refractivity contribution in [3.63, 3.8) is 0 Å². The van der Waals surface area contributed by atoms with E-state index in [4.69, 9.17) is 9.15 Å². The summed E-state index contributed by atoms with van der Waals surface area (Å²) in [5.41, 5.74) is 0.999. The van der Waals surface area contributed by atoms with Crippen LogP contribution in [0, 0.1) is 18.3 Å². The summed E-state index contributed by atoms with van der Waals surface area (Å²) in [5.74, 6) is -0.749. The fraction of sp³-hybridized carbons (Fsp3) is 0.190. The van der Waals surface area contributed by atoms with Crippen LogP contribution in [0.25, 0.3) is 5.88 Å². The molecule has 1 unspecified atom stereocenters. The van der Waals surface area contributed by atoms with E-state index in [9.17, 15) is 14.9 Å². The predicted octanol–water partition coefficient (Wildman–Crippen LogP) is 4.05. The number of halogens is 1. The summed E-state index contributed by atoms with van der Waals surface area (Å²) >= 11 is 3.36. The summed E-state index contributed by atoms with van der Waals surface area (Å²) in [5, 5.41) is 12.3. The highest BCUT2D eigenvalue weighted by molar-refractivity contribution is 9.10. The van der Waals surface area contributed by atoms with Crippen LogP contribution in [-0.4, -0.2) is 23.1 Å². The molecular formula is C21H18BrN3O4. The van der Waals surface area contributed by atoms with Crippen molar-refractivity contribution in [3.05, 3.63) is 75.7 Å². The van der Waals surface area contributed by atoms with Crippen LogP contribution in [-0.2, 0) is 9.53 Å². The zero-order valence-corrected chi connectivity index (χ0v) is 17.4. The molecule has 1 amide bonds. The Labute approximate surface area is 176 Å². The van der Waals surface area contributed by atoms with Crippen LogP contribution < -0.4 is 5.32 Å². The van der Waals surface area contributed by atoms with Crippen molar-refractivity contribution < 1.29 is 18.7 Å². The van der Waals surface area contributed by atoms with Gasteiger partial charge in [0.05, 0.1) is 6.04 Å². The lowest BCUT2D eigenvalue weighted by atomic mass is 10.1. The van der Waals surface area contributed by atoms with Gasteiger partial charge in [0, 0.05) is 16.9 Å². The quantitative estimate of drug-likeness (QED) is 0.565. The first-order valence-electron chi connectivity index (χ1n) is 8.79. The molecule has 0 saturated carbocycles. The van der Waals surface area contributed by atoms with Gasteiger partial charge in [-0.15, -0.1) is 0 Å². The third kappa shape index (κ3) is 4.58. The number of aromatic nitrogens is 1. The molecule has 3 rings (SSSR count). The van der Waals surface area contributed by atoms with Gasteiger partial charge in [-0.1, -0.05) is 28.1 Å². The van der Waals surface area contributed by atoms with Crippen molar-refractivity contribution in [2.75, 3.05) is 6.61 Å². The molecule has 0 fully saturated rings. The number of carbonyl (C=O) groups is 2. The number of esters is 1. The maximum Gasteiger partial charge on any atom is 0.343 e. The van der Waals surface area contributed by atoms with Crippen LogP contribution in [0.5, 0.6) is 0 Å². The number of hydrogen-bond acceptors (Lipinski definition) is 5. The van der Waals surface area contributed by atoms with Crippen molar-refractivity contribution in [2.45, 2.75) is 19.9 Å². The first-order valence-corrected chi connectivity index (χ1v) is 9.58. The molecule has 0 bridgehead atoms. The van der Waals surface area contributed by atoms with E-state index in [2.05, 4.69) is 21.2 Å². The standard InChI is InChI=1S/C21H18BrN3O4/c1-13(15-5-7-16(22)8-6-15)24-18(26)12-28-21(27)19-14(2)29-20(17(19)11-23)25-9-3-4-10-25/h3-10,13H,12H2,1-2H3,(H,24,26). The zero-order valence-electron chi connectivity index (χ0n) is 15.8. The molecule has 0 spiro atoms. The van der Waals surface area contributed by atoms with Gasteiger partial charge < -0.3 is 14.5 Å². The first-order chi connectivity index (χ1) is 13.9. The van der Waals surface area contributed by atoms with Crippen molar-refractivity contribution in [1.29, 1.82) is 5.26 Å². The summed E-state index contributed by atoms with van der Waals surface area (Å²) in [7, 11) is 0. The van der Waals surface area contributed by atoms with Gasteiger partial charge in [0.2, 0.25) is 5.88 Å². The zero-order chi connectivity index (χ0) is 21.0. The van der Waals surface area contributed by atoms with E-state index in [1.54, 1.807) is 36.0 Å². The number of carbonyl (C=O) groups excluding carboxylic acids is 2. The van der Waals surface area contributed by atoms with Gasteiger partial charge in [0.15, 0.2) is 6.61 Å². The highest BCUT2D eigenvalue weighted by Gasteiger charge is 2.26. The molecular weight excluding hydrogens is 438 g/mol. The normalized spacial score (nSPS) is 11.5. The third-order valence-electron chi connectivity index (χ3n) is 4.30. The monoisotopic (exact) mass is 455 g/mol. The molecule has 0 saturated heterocycles. The topological polar surface area (TPSA) is 97.3 Å². The number of aryl methyl sites for hydroxylation is 1. The minimum atomic E-state index is -0.785. The van der Waals surface area contributed by atoms with Gasteiger partial charge in [-0.25, -0.2) is 4.79 Å². The van der Waals surface area contributed by atoms with Gasteiger partial charge in [0.25, 0.3) is 5.91 Å². The smallest absolute Gasteiger partial charge is 0.343 e. The highest BCUT2D eigenvalue weighted by Crippen LogP contribution is 2.26. The van der Waals surface area contributed by atoms with E-state index >= 15 is 0 Å². The lowest BCUT2D eigenvalue weighted by Gasteiger charge is -2.14. The van der Waals surface area contributed by atoms with Crippen molar-refractivity contribution in [3.8, 4) is 12.0 Å². The first kappa shape index (κ1) is 20.4. The van der Waals surface area contributed by atoms with E-state index < -0.39 is 18.5 Å². The molecule has 8 heteroatoms. The fourth-order valence-corrected chi connectivity index (χ4v) is 3.12. The molecule has 0 aliphatic rings. The average Bonchev–Trinajstić information content (AvgIpc) is 3.33. The van der Waals surface area contributed by atoms with E-state index in [0.29, 0.717) is 0 Å². The maximum absolute atomic E-state index is 12.5. The van der Waals surface area contributed by atoms with E-state index in [0.717, 1.165) is 10.0 Å². The Morgan fingerprint density at radius 3 is 2.55 bits per heavy atom. The molecule has 0 radical (unpaired) electrons. The SMILES string of the molecule is Cc1oc(-n2cccc2)c(C#N)c1C(=O)OCC(=O)NC(C)c1ccc(Br)cc1. The van der Waals surface area contributed by atoms with E-state index in [1.807, 2.05) is 37.3 Å². The van der Waals surface area contributed by atoms with Gasteiger partial charge in [0.1, 0.15) is 23.0 Å². The fourth-order valence-electron chi connectivity index (χ4n) is 2.85. The summed E-state index contributed by atoms with van der Waals surface area (Å²) in [6.45, 7) is 2.94. The van der Waals surface area contributed by atoms with Crippen molar-refractivity contribution >= 4 is 27.8 Å². The van der Waals surface area contributed by atoms with E-state index in [1.165, 1.54) is 0 Å². The summed E-state index contributed by atoms with van der Waals surface area (Å²) in [6, 6.07) is 12.8. The number of hydrogen-bond donors (Lipinski definition) is 1. The molecule has 3 aromatic rings. The average molecular weight is 456 g/mol. The summed E-state index contributed by atoms with van der Waals surface area (Å²) < 4.78 is 13.2. The Morgan fingerprint density at radius 2 is 1.93 bits per heavy atom. The minimum Gasteiger partial charge on any atom is -0.452 e. The molecule has 0 aliphatic carbocycles. The second-order valence-electron chi connectivity index (χ2n) is 6.33. The van der Waals surface area contributed by atoms with Crippen LogP contribution in [0.1, 0.15) is 40.2 Å². The van der Waals surface area contributed by atoms with Gasteiger partial charge >= 0.3 is 5.97 Å². The molecule has 0 aliphatic heterocycles. The Bertz CT molecular complexity index is 1060. The summed E-state index contributed by atoms with van der Waals surface area (Å²) in [6.07, 6.45) is 3.40. The van der Waals surface area contributed by atoms with Crippen LogP contribution >= 0.6 is 15.9 Å². The third-order valence-corrected chi connectivity index (χ3v) is 4.83. The molecule has 148 valence electrons. The van der Waals surface area contributed by atoms with Crippen LogP contribution in [0.3, 0.4) is 0 Å². The van der Waals surface area contributed by atoms with Gasteiger partial charge in [-0.2, -0.15) is 5.26 Å². The Morgan fingerprint density at radius 1 is 1.28 bits per heavy atom. The Kier molecular flexibility index (Phi) is 6.20. The molecule has 2 aromatic heterocycles. The number of nitriles is 1. The predicted molar refractivity (Wildman–Crippen MR) is 108 cm³/mol. The second-order valence-corrected chi connectivity index (χ2v) is 7.25. The van der Waals surface area contributed by atoms with Crippen LogP contribution in [0.15, 0.2) is 57.7 Å². The number of rotatable bonds is 6. The number of furan rings is 1. The second kappa shape index (κ2) is 8.80. The lowest BCUT2D eigenvalue weighted by Crippen LogP contribution is -2.31. The molecule has 29 heavy (non-hydrogen) atoms. The maximum atomic E-state index is 12.5. The van der Waals surface area contributed by atoms with Crippen molar-refractivity contribution in [1.82, 2.24) is 9.88 Å². The molecule has 1 N–H and O–H groups in total. The number of ether oxygens (including phenoxy) is 1. The van der Waals surface area contributed by atoms with E-state index in [-0.39, 0.29) is 28.8 Å². The molecule has 1 atom stereocenters. The summed E-state index contributed by atoms with van der Waals surface area (Å²) in [4.78, 5) is 24.7. The number of benzene rings is 1. The number of nitrogens with zero attached hydrogens (tertiary/aromatic N) is 2.